The van der Waals surface area contributed by atoms with Gasteiger partial charge in [-0.2, -0.15) is 0 Å². The summed E-state index contributed by atoms with van der Waals surface area (Å²) in [5.74, 6) is 9.22. The number of hydrogen-bond acceptors (Lipinski definition) is 3. The first kappa shape index (κ1) is 11.1. The summed E-state index contributed by atoms with van der Waals surface area (Å²) in [5, 5.41) is 0. The highest BCUT2D eigenvalue weighted by molar-refractivity contribution is 5.31. The molecule has 0 saturated heterocycles. The van der Waals surface area contributed by atoms with Crippen LogP contribution in [0.5, 0.6) is 5.75 Å². The summed E-state index contributed by atoms with van der Waals surface area (Å²) >= 11 is 0. The zero-order chi connectivity index (χ0) is 11.8. The molecule has 3 rings (SSSR count). The van der Waals surface area contributed by atoms with Crippen LogP contribution in [0.4, 0.5) is 0 Å². The SMILES string of the molecule is COc1ccc(C(NN)C2C3CCCC32)cc1. The fraction of sp³-hybridized carbons (Fsp3) is 0.571. The Kier molecular flexibility index (Phi) is 2.81. The smallest absolute Gasteiger partial charge is 0.118 e. The Morgan fingerprint density at radius 1 is 1.24 bits per heavy atom. The maximum atomic E-state index is 5.74. The normalized spacial score (nSPS) is 32.0. The molecule has 2 saturated carbocycles. The van der Waals surface area contributed by atoms with Gasteiger partial charge in [0.25, 0.3) is 0 Å². The van der Waals surface area contributed by atoms with E-state index in [0.717, 1.165) is 23.5 Å². The molecule has 2 fully saturated rings. The van der Waals surface area contributed by atoms with Crippen LogP contribution in [0.15, 0.2) is 24.3 Å². The van der Waals surface area contributed by atoms with E-state index in [1.807, 2.05) is 12.1 Å². The number of nitrogens with two attached hydrogens (primary N) is 1. The first-order valence-corrected chi connectivity index (χ1v) is 6.45. The molecular weight excluding hydrogens is 212 g/mol. The second-order valence-electron chi connectivity index (χ2n) is 5.25. The van der Waals surface area contributed by atoms with Gasteiger partial charge in [0.2, 0.25) is 0 Å². The number of hydrazine groups is 1. The van der Waals surface area contributed by atoms with Gasteiger partial charge in [-0.15, -0.1) is 0 Å². The Balaban J connectivity index is 1.76. The molecule has 3 unspecified atom stereocenters. The average molecular weight is 232 g/mol. The molecule has 0 aromatic heterocycles. The molecule has 3 heteroatoms. The van der Waals surface area contributed by atoms with E-state index >= 15 is 0 Å². The first-order chi connectivity index (χ1) is 8.35. The second kappa shape index (κ2) is 4.31. The van der Waals surface area contributed by atoms with Gasteiger partial charge in [0.1, 0.15) is 5.75 Å². The lowest BCUT2D eigenvalue weighted by Gasteiger charge is -2.18. The lowest BCUT2D eigenvalue weighted by molar-refractivity contribution is 0.410. The molecule has 0 aliphatic heterocycles. The standard InChI is InChI=1S/C14H20N2O/c1-17-10-7-5-9(6-8-10)14(16-15)13-11-3-2-4-12(11)13/h5-8,11-14,16H,2-4,15H2,1H3. The fourth-order valence-electron chi connectivity index (χ4n) is 3.61. The fourth-order valence-corrected chi connectivity index (χ4v) is 3.61. The summed E-state index contributed by atoms with van der Waals surface area (Å²) in [6.45, 7) is 0. The topological polar surface area (TPSA) is 47.3 Å². The van der Waals surface area contributed by atoms with Gasteiger partial charge >= 0.3 is 0 Å². The second-order valence-corrected chi connectivity index (χ2v) is 5.25. The maximum absolute atomic E-state index is 5.74. The van der Waals surface area contributed by atoms with Crippen molar-refractivity contribution in [2.45, 2.75) is 25.3 Å². The van der Waals surface area contributed by atoms with Crippen molar-refractivity contribution in [3.8, 4) is 5.75 Å². The minimum Gasteiger partial charge on any atom is -0.497 e. The minimum absolute atomic E-state index is 0.316. The van der Waals surface area contributed by atoms with Gasteiger partial charge < -0.3 is 4.74 Å². The summed E-state index contributed by atoms with van der Waals surface area (Å²) in [6.07, 6.45) is 4.19. The van der Waals surface area contributed by atoms with Crippen molar-refractivity contribution < 1.29 is 4.74 Å². The van der Waals surface area contributed by atoms with Gasteiger partial charge in [-0.3, -0.25) is 11.3 Å². The first-order valence-electron chi connectivity index (χ1n) is 6.45. The number of methoxy groups -OCH3 is 1. The van der Waals surface area contributed by atoms with Gasteiger partial charge in [-0.05, 0) is 48.3 Å². The van der Waals surface area contributed by atoms with Crippen LogP contribution in [0.25, 0.3) is 0 Å². The molecule has 92 valence electrons. The summed E-state index contributed by atoms with van der Waals surface area (Å²) in [5.41, 5.74) is 4.29. The predicted molar refractivity (Wildman–Crippen MR) is 67.4 cm³/mol. The third-order valence-electron chi connectivity index (χ3n) is 4.51. The molecule has 3 atom stereocenters. The third-order valence-corrected chi connectivity index (χ3v) is 4.51. The van der Waals surface area contributed by atoms with Crippen LogP contribution in [-0.2, 0) is 0 Å². The molecule has 17 heavy (non-hydrogen) atoms. The van der Waals surface area contributed by atoms with Gasteiger partial charge in [0.05, 0.1) is 7.11 Å². The molecule has 0 bridgehead atoms. The molecule has 3 N–H and O–H groups in total. The van der Waals surface area contributed by atoms with Gasteiger partial charge in [0.15, 0.2) is 0 Å². The van der Waals surface area contributed by atoms with E-state index in [-0.39, 0.29) is 0 Å². The predicted octanol–water partition coefficient (Wildman–Crippen LogP) is 2.25. The average Bonchev–Trinajstić information content (AvgIpc) is 2.85. The summed E-state index contributed by atoms with van der Waals surface area (Å²) in [6, 6.07) is 8.58. The number of nitrogens with one attached hydrogen (secondary N) is 1. The van der Waals surface area contributed by atoms with Crippen LogP contribution in [0.1, 0.15) is 30.9 Å². The minimum atomic E-state index is 0.316. The summed E-state index contributed by atoms with van der Waals surface area (Å²) in [4.78, 5) is 0. The molecular formula is C14H20N2O. The highest BCUT2D eigenvalue weighted by Crippen LogP contribution is 2.62. The molecule has 3 nitrogen and oxygen atoms in total. The van der Waals surface area contributed by atoms with Crippen molar-refractivity contribution in [3.63, 3.8) is 0 Å². The van der Waals surface area contributed by atoms with Crippen LogP contribution in [0.3, 0.4) is 0 Å². The van der Waals surface area contributed by atoms with Crippen LogP contribution < -0.4 is 16.0 Å². The van der Waals surface area contributed by atoms with Gasteiger partial charge in [-0.1, -0.05) is 18.6 Å². The third kappa shape index (κ3) is 1.83. The summed E-state index contributed by atoms with van der Waals surface area (Å²) in [7, 11) is 1.69. The Morgan fingerprint density at radius 2 is 1.88 bits per heavy atom. The highest BCUT2D eigenvalue weighted by Gasteiger charge is 2.55. The van der Waals surface area contributed by atoms with Crippen molar-refractivity contribution >= 4 is 0 Å². The monoisotopic (exact) mass is 232 g/mol. The van der Waals surface area contributed by atoms with Crippen molar-refractivity contribution in [1.82, 2.24) is 5.43 Å². The number of hydrogen-bond donors (Lipinski definition) is 2. The van der Waals surface area contributed by atoms with Crippen molar-refractivity contribution in [3.05, 3.63) is 29.8 Å². The van der Waals surface area contributed by atoms with E-state index in [9.17, 15) is 0 Å². The van der Waals surface area contributed by atoms with Gasteiger partial charge in [0, 0.05) is 6.04 Å². The molecule has 0 radical (unpaired) electrons. The summed E-state index contributed by atoms with van der Waals surface area (Å²) < 4.78 is 5.18. The Morgan fingerprint density at radius 3 is 2.41 bits per heavy atom. The zero-order valence-corrected chi connectivity index (χ0v) is 10.2. The van der Waals surface area contributed by atoms with E-state index in [0.29, 0.717) is 6.04 Å². The Labute approximate surface area is 102 Å². The van der Waals surface area contributed by atoms with E-state index in [4.69, 9.17) is 10.6 Å². The van der Waals surface area contributed by atoms with Crippen LogP contribution in [0.2, 0.25) is 0 Å². The molecule has 0 heterocycles. The quantitative estimate of drug-likeness (QED) is 0.618. The Bertz CT molecular complexity index is 380. The van der Waals surface area contributed by atoms with Crippen molar-refractivity contribution in [2.24, 2.45) is 23.6 Å². The molecule has 1 aromatic carbocycles. The number of rotatable bonds is 4. The molecule has 0 amide bonds. The lowest BCUT2D eigenvalue weighted by Crippen LogP contribution is -2.30. The molecule has 0 spiro atoms. The lowest BCUT2D eigenvalue weighted by atomic mass is 9.97. The maximum Gasteiger partial charge on any atom is 0.118 e. The number of fused-ring (bicyclic) bond motifs is 1. The van der Waals surface area contributed by atoms with Crippen molar-refractivity contribution in [1.29, 1.82) is 0 Å². The van der Waals surface area contributed by atoms with E-state index in [1.54, 1.807) is 7.11 Å². The zero-order valence-electron chi connectivity index (χ0n) is 10.2. The van der Waals surface area contributed by atoms with E-state index in [1.165, 1.54) is 24.8 Å². The Hall–Kier alpha value is -1.06. The van der Waals surface area contributed by atoms with Crippen LogP contribution >= 0.6 is 0 Å². The highest BCUT2D eigenvalue weighted by atomic mass is 16.5. The molecule has 1 aromatic rings. The van der Waals surface area contributed by atoms with E-state index < -0.39 is 0 Å². The number of benzene rings is 1. The largest absolute Gasteiger partial charge is 0.497 e. The van der Waals surface area contributed by atoms with E-state index in [2.05, 4.69) is 17.6 Å². The van der Waals surface area contributed by atoms with Crippen molar-refractivity contribution in [2.75, 3.05) is 7.11 Å². The number of ether oxygens (including phenoxy) is 1. The molecule has 2 aliphatic carbocycles. The van der Waals surface area contributed by atoms with Crippen LogP contribution in [-0.4, -0.2) is 7.11 Å². The molecule has 2 aliphatic rings. The van der Waals surface area contributed by atoms with Gasteiger partial charge in [-0.25, -0.2) is 0 Å². The van der Waals surface area contributed by atoms with Crippen LogP contribution in [0, 0.1) is 17.8 Å².